The Morgan fingerprint density at radius 1 is 1.09 bits per heavy atom. The predicted molar refractivity (Wildman–Crippen MR) is 90.3 cm³/mol. The van der Waals surface area contributed by atoms with Gasteiger partial charge in [0.1, 0.15) is 12.4 Å². The summed E-state index contributed by atoms with van der Waals surface area (Å²) in [7, 11) is 0. The van der Waals surface area contributed by atoms with Crippen molar-refractivity contribution in [3.8, 4) is 17.2 Å². The molecule has 0 aliphatic heterocycles. The molecule has 0 saturated heterocycles. The standard InChI is InChI=1S/C15H11Br2N3O2/c16-11-3-1-2-9(6-11)8-21-13-5-4-10(7-12(13)17)14-19-20-15(18)22-14/h1-7H,8H2,(H2,18,20). The molecule has 0 aliphatic carbocycles. The molecule has 3 rings (SSSR count). The van der Waals surface area contributed by atoms with Crippen LogP contribution in [0, 0.1) is 0 Å². The first-order valence-corrected chi connectivity index (χ1v) is 7.96. The molecule has 0 radical (unpaired) electrons. The Morgan fingerprint density at radius 3 is 2.64 bits per heavy atom. The minimum atomic E-state index is 0.0427. The highest BCUT2D eigenvalue weighted by Crippen LogP contribution is 2.31. The van der Waals surface area contributed by atoms with E-state index in [9.17, 15) is 0 Å². The lowest BCUT2D eigenvalue weighted by Gasteiger charge is -2.09. The second-order valence-electron chi connectivity index (χ2n) is 4.51. The number of nitrogens with two attached hydrogens (primary N) is 1. The van der Waals surface area contributed by atoms with Crippen LogP contribution in [0.25, 0.3) is 11.5 Å². The van der Waals surface area contributed by atoms with E-state index in [4.69, 9.17) is 14.9 Å². The summed E-state index contributed by atoms with van der Waals surface area (Å²) in [6.45, 7) is 0.477. The Kier molecular flexibility index (Phi) is 4.44. The van der Waals surface area contributed by atoms with E-state index >= 15 is 0 Å². The largest absolute Gasteiger partial charge is 0.488 e. The monoisotopic (exact) mass is 423 g/mol. The molecule has 0 bridgehead atoms. The van der Waals surface area contributed by atoms with Crippen LogP contribution in [0.3, 0.4) is 0 Å². The maximum Gasteiger partial charge on any atom is 0.313 e. The van der Waals surface area contributed by atoms with Gasteiger partial charge in [-0.3, -0.25) is 0 Å². The van der Waals surface area contributed by atoms with Gasteiger partial charge in [-0.25, -0.2) is 0 Å². The minimum absolute atomic E-state index is 0.0427. The van der Waals surface area contributed by atoms with Crippen molar-refractivity contribution >= 4 is 37.9 Å². The third-order valence-corrected chi connectivity index (χ3v) is 4.02. The Bertz CT molecular complexity index is 805. The summed E-state index contributed by atoms with van der Waals surface area (Å²) < 4.78 is 12.8. The third-order valence-electron chi connectivity index (χ3n) is 2.90. The third kappa shape index (κ3) is 3.48. The Morgan fingerprint density at radius 2 is 1.95 bits per heavy atom. The molecule has 0 atom stereocenters. The SMILES string of the molecule is Nc1nnc(-c2ccc(OCc3cccc(Br)c3)c(Br)c2)o1. The average Bonchev–Trinajstić information content (AvgIpc) is 2.93. The van der Waals surface area contributed by atoms with Gasteiger partial charge < -0.3 is 14.9 Å². The summed E-state index contributed by atoms with van der Waals surface area (Å²) in [5.74, 6) is 1.10. The van der Waals surface area contributed by atoms with Crippen molar-refractivity contribution in [1.82, 2.24) is 10.2 Å². The first-order valence-electron chi connectivity index (χ1n) is 6.38. The van der Waals surface area contributed by atoms with Crippen molar-refractivity contribution in [2.75, 3.05) is 5.73 Å². The number of nitrogens with zero attached hydrogens (tertiary/aromatic N) is 2. The van der Waals surface area contributed by atoms with E-state index in [1.165, 1.54) is 0 Å². The van der Waals surface area contributed by atoms with Gasteiger partial charge in [-0.2, -0.15) is 0 Å². The molecule has 0 spiro atoms. The fraction of sp³-hybridized carbons (Fsp3) is 0.0667. The zero-order valence-corrected chi connectivity index (χ0v) is 14.5. The zero-order valence-electron chi connectivity index (χ0n) is 11.3. The summed E-state index contributed by atoms with van der Waals surface area (Å²) in [4.78, 5) is 0. The maximum atomic E-state index is 5.81. The molecule has 1 aromatic heterocycles. The lowest BCUT2D eigenvalue weighted by molar-refractivity contribution is 0.304. The van der Waals surface area contributed by atoms with Crippen molar-refractivity contribution < 1.29 is 9.15 Å². The van der Waals surface area contributed by atoms with Gasteiger partial charge in [0.15, 0.2) is 0 Å². The minimum Gasteiger partial charge on any atom is -0.488 e. The number of nitrogen functional groups attached to an aromatic ring is 1. The molecule has 0 unspecified atom stereocenters. The molecule has 2 N–H and O–H groups in total. The van der Waals surface area contributed by atoms with Crippen LogP contribution in [0.4, 0.5) is 6.01 Å². The first-order chi connectivity index (χ1) is 10.6. The molecule has 0 aliphatic rings. The number of benzene rings is 2. The van der Waals surface area contributed by atoms with Gasteiger partial charge in [-0.05, 0) is 51.8 Å². The number of hydrogen-bond acceptors (Lipinski definition) is 5. The van der Waals surface area contributed by atoms with Crippen LogP contribution in [0.2, 0.25) is 0 Å². The fourth-order valence-corrected chi connectivity index (χ4v) is 2.83. The number of rotatable bonds is 4. The summed E-state index contributed by atoms with van der Waals surface area (Å²) in [6, 6.07) is 13.6. The smallest absolute Gasteiger partial charge is 0.313 e. The van der Waals surface area contributed by atoms with E-state index < -0.39 is 0 Å². The highest BCUT2D eigenvalue weighted by molar-refractivity contribution is 9.10. The number of ether oxygens (including phenoxy) is 1. The summed E-state index contributed by atoms with van der Waals surface area (Å²) in [5.41, 5.74) is 7.28. The normalized spacial score (nSPS) is 10.6. The van der Waals surface area contributed by atoms with E-state index in [2.05, 4.69) is 42.1 Å². The Balaban J connectivity index is 1.75. The van der Waals surface area contributed by atoms with Gasteiger partial charge in [0.25, 0.3) is 0 Å². The molecule has 0 fully saturated rings. The van der Waals surface area contributed by atoms with Gasteiger partial charge >= 0.3 is 6.01 Å². The summed E-state index contributed by atoms with van der Waals surface area (Å²) >= 11 is 6.93. The van der Waals surface area contributed by atoms with Gasteiger partial charge in [-0.15, -0.1) is 5.10 Å². The van der Waals surface area contributed by atoms with Gasteiger partial charge in [-0.1, -0.05) is 33.2 Å². The van der Waals surface area contributed by atoms with Crippen molar-refractivity contribution in [1.29, 1.82) is 0 Å². The number of anilines is 1. The van der Waals surface area contributed by atoms with E-state index in [0.717, 1.165) is 25.8 Å². The van der Waals surface area contributed by atoms with Crippen LogP contribution < -0.4 is 10.5 Å². The number of halogens is 2. The molecular formula is C15H11Br2N3O2. The average molecular weight is 425 g/mol. The molecule has 0 amide bonds. The maximum absolute atomic E-state index is 5.81. The molecule has 22 heavy (non-hydrogen) atoms. The lowest BCUT2D eigenvalue weighted by atomic mass is 10.2. The van der Waals surface area contributed by atoms with Gasteiger partial charge in [0.2, 0.25) is 5.89 Å². The molecule has 0 saturated carbocycles. The number of aromatic nitrogens is 2. The van der Waals surface area contributed by atoms with Gasteiger partial charge in [0.05, 0.1) is 4.47 Å². The first kappa shape index (κ1) is 15.1. The highest BCUT2D eigenvalue weighted by Gasteiger charge is 2.10. The molecule has 7 heteroatoms. The van der Waals surface area contributed by atoms with E-state index in [1.807, 2.05) is 42.5 Å². The van der Waals surface area contributed by atoms with E-state index in [1.54, 1.807) is 0 Å². The summed E-state index contributed by atoms with van der Waals surface area (Å²) in [5, 5.41) is 7.49. The molecule has 112 valence electrons. The predicted octanol–water partition coefficient (Wildman–Crippen LogP) is 4.42. The topological polar surface area (TPSA) is 74.2 Å². The van der Waals surface area contributed by atoms with Crippen LogP contribution in [0.5, 0.6) is 5.75 Å². The molecule has 3 aromatic rings. The van der Waals surface area contributed by atoms with E-state index in [0.29, 0.717) is 12.5 Å². The fourth-order valence-electron chi connectivity index (χ4n) is 1.89. The van der Waals surface area contributed by atoms with Crippen molar-refractivity contribution in [3.05, 3.63) is 57.0 Å². The quantitative estimate of drug-likeness (QED) is 0.670. The van der Waals surface area contributed by atoms with Crippen molar-refractivity contribution in [2.24, 2.45) is 0 Å². The molecule has 1 heterocycles. The zero-order chi connectivity index (χ0) is 15.5. The van der Waals surface area contributed by atoms with E-state index in [-0.39, 0.29) is 6.01 Å². The second-order valence-corrected chi connectivity index (χ2v) is 6.28. The molecule has 5 nitrogen and oxygen atoms in total. The van der Waals surface area contributed by atoms with Crippen LogP contribution in [0.1, 0.15) is 5.56 Å². The lowest BCUT2D eigenvalue weighted by Crippen LogP contribution is -1.96. The Hall–Kier alpha value is -1.86. The van der Waals surface area contributed by atoms with Crippen LogP contribution >= 0.6 is 31.9 Å². The van der Waals surface area contributed by atoms with Crippen molar-refractivity contribution in [2.45, 2.75) is 6.61 Å². The summed E-state index contributed by atoms with van der Waals surface area (Å²) in [6.07, 6.45) is 0. The van der Waals surface area contributed by atoms with Crippen molar-refractivity contribution in [3.63, 3.8) is 0 Å². The number of hydrogen-bond donors (Lipinski definition) is 1. The van der Waals surface area contributed by atoms with Gasteiger partial charge in [0, 0.05) is 10.0 Å². The van der Waals surface area contributed by atoms with Crippen LogP contribution in [-0.2, 0) is 6.61 Å². The molecule has 2 aromatic carbocycles. The Labute approximate surface area is 143 Å². The molecular weight excluding hydrogens is 414 g/mol. The van der Waals surface area contributed by atoms with Crippen LogP contribution in [0.15, 0.2) is 55.8 Å². The second kappa shape index (κ2) is 6.50. The van der Waals surface area contributed by atoms with Crippen LogP contribution in [-0.4, -0.2) is 10.2 Å². The highest BCUT2D eigenvalue weighted by atomic mass is 79.9.